The fraction of sp³-hybridized carbons (Fsp3) is 0.333. The number of terminal acetylenes is 1. The zero-order chi connectivity index (χ0) is 12.3. The summed E-state index contributed by atoms with van der Waals surface area (Å²) < 4.78 is 26.1. The zero-order valence-electron chi connectivity index (χ0n) is 9.33. The van der Waals surface area contributed by atoms with Crippen molar-refractivity contribution in [2.45, 2.75) is 10.9 Å². The number of hydrogen-bond acceptors (Lipinski definition) is 3. The van der Waals surface area contributed by atoms with Crippen LogP contribution in [0, 0.1) is 12.3 Å². The Bertz CT molecular complexity index is 519. The van der Waals surface area contributed by atoms with Gasteiger partial charge in [-0.1, -0.05) is 24.1 Å². The molecule has 17 heavy (non-hydrogen) atoms. The fourth-order valence-electron chi connectivity index (χ4n) is 1.84. The monoisotopic (exact) mass is 250 g/mol. The lowest BCUT2D eigenvalue weighted by molar-refractivity contribution is 0.314. The van der Waals surface area contributed by atoms with E-state index < -0.39 is 16.1 Å². The van der Waals surface area contributed by atoms with Crippen LogP contribution >= 0.6 is 0 Å². The summed E-state index contributed by atoms with van der Waals surface area (Å²) in [5.74, 6) is 2.51. The lowest BCUT2D eigenvalue weighted by Crippen LogP contribution is -2.52. The summed E-state index contributed by atoms with van der Waals surface area (Å²) in [5.41, 5.74) is 0. The van der Waals surface area contributed by atoms with E-state index in [9.17, 15) is 8.42 Å². The Morgan fingerprint density at radius 2 is 2.06 bits per heavy atom. The van der Waals surface area contributed by atoms with E-state index >= 15 is 0 Å². The van der Waals surface area contributed by atoms with Gasteiger partial charge in [-0.3, -0.25) is 0 Å². The molecule has 1 aliphatic heterocycles. The highest BCUT2D eigenvalue weighted by molar-refractivity contribution is 7.89. The Labute approximate surface area is 102 Å². The molecule has 90 valence electrons. The summed E-state index contributed by atoms with van der Waals surface area (Å²) in [6.07, 6.45) is 5.37. The van der Waals surface area contributed by atoms with Gasteiger partial charge in [0.15, 0.2) is 0 Å². The van der Waals surface area contributed by atoms with E-state index in [0.717, 1.165) is 0 Å². The highest BCUT2D eigenvalue weighted by Crippen LogP contribution is 2.18. The van der Waals surface area contributed by atoms with Crippen molar-refractivity contribution in [3.63, 3.8) is 0 Å². The summed E-state index contributed by atoms with van der Waals surface area (Å²) >= 11 is 0. The molecular weight excluding hydrogens is 236 g/mol. The van der Waals surface area contributed by atoms with Gasteiger partial charge in [0.1, 0.15) is 0 Å². The Morgan fingerprint density at radius 3 is 2.71 bits per heavy atom. The van der Waals surface area contributed by atoms with Gasteiger partial charge in [0, 0.05) is 19.6 Å². The first kappa shape index (κ1) is 12.1. The molecule has 0 amide bonds. The molecule has 5 heteroatoms. The third-order valence-electron chi connectivity index (χ3n) is 2.74. The molecule has 0 aliphatic carbocycles. The molecule has 0 unspecified atom stereocenters. The van der Waals surface area contributed by atoms with Crippen molar-refractivity contribution in [3.8, 4) is 12.3 Å². The minimum atomic E-state index is -3.47. The first-order valence-electron chi connectivity index (χ1n) is 5.40. The van der Waals surface area contributed by atoms with Crippen molar-refractivity contribution < 1.29 is 8.42 Å². The van der Waals surface area contributed by atoms with Gasteiger partial charge in [0.05, 0.1) is 10.9 Å². The third-order valence-corrected chi connectivity index (χ3v) is 4.66. The largest absolute Gasteiger partial charge is 0.313 e. The highest BCUT2D eigenvalue weighted by atomic mass is 32.2. The summed E-state index contributed by atoms with van der Waals surface area (Å²) in [4.78, 5) is 0.294. The molecule has 0 aromatic heterocycles. The molecule has 0 spiro atoms. The predicted molar refractivity (Wildman–Crippen MR) is 65.8 cm³/mol. The van der Waals surface area contributed by atoms with Gasteiger partial charge in [-0.2, -0.15) is 4.31 Å². The molecule has 0 radical (unpaired) electrons. The molecule has 1 atom stereocenters. The number of hydrogen-bond donors (Lipinski definition) is 1. The Morgan fingerprint density at radius 1 is 1.35 bits per heavy atom. The fourth-order valence-corrected chi connectivity index (χ4v) is 3.42. The van der Waals surface area contributed by atoms with E-state index in [1.165, 1.54) is 4.31 Å². The maximum Gasteiger partial charge on any atom is 0.244 e. The molecule has 1 aliphatic rings. The number of rotatable bonds is 2. The van der Waals surface area contributed by atoms with Crippen LogP contribution in [0.3, 0.4) is 0 Å². The number of sulfonamides is 1. The second-order valence-corrected chi connectivity index (χ2v) is 5.71. The van der Waals surface area contributed by atoms with Crippen molar-refractivity contribution in [3.05, 3.63) is 30.3 Å². The van der Waals surface area contributed by atoms with Crippen LogP contribution in [0.5, 0.6) is 0 Å². The van der Waals surface area contributed by atoms with Crippen LogP contribution in [-0.2, 0) is 10.0 Å². The summed E-state index contributed by atoms with van der Waals surface area (Å²) in [6, 6.07) is 7.97. The maximum atomic E-state index is 12.4. The van der Waals surface area contributed by atoms with Crippen molar-refractivity contribution in [1.29, 1.82) is 0 Å². The van der Waals surface area contributed by atoms with Crippen LogP contribution in [0.25, 0.3) is 0 Å². The molecule has 2 rings (SSSR count). The quantitative estimate of drug-likeness (QED) is 0.767. The summed E-state index contributed by atoms with van der Waals surface area (Å²) in [7, 11) is -3.47. The van der Waals surface area contributed by atoms with Crippen LogP contribution in [0.1, 0.15) is 0 Å². The van der Waals surface area contributed by atoms with Gasteiger partial charge in [-0.25, -0.2) is 8.42 Å². The van der Waals surface area contributed by atoms with E-state index in [1.54, 1.807) is 30.3 Å². The van der Waals surface area contributed by atoms with Crippen molar-refractivity contribution >= 4 is 10.0 Å². The maximum absolute atomic E-state index is 12.4. The Kier molecular flexibility index (Phi) is 3.48. The van der Waals surface area contributed by atoms with Gasteiger partial charge < -0.3 is 5.32 Å². The minimum absolute atomic E-state index is 0.294. The number of nitrogens with zero attached hydrogens (tertiary/aromatic N) is 1. The van der Waals surface area contributed by atoms with Crippen molar-refractivity contribution in [1.82, 2.24) is 9.62 Å². The first-order chi connectivity index (χ1) is 8.16. The molecule has 1 heterocycles. The Hall–Kier alpha value is -1.35. The minimum Gasteiger partial charge on any atom is -0.313 e. The molecule has 0 saturated carbocycles. The second kappa shape index (κ2) is 4.88. The number of piperazine rings is 1. The van der Waals surface area contributed by atoms with Crippen LogP contribution in [0.2, 0.25) is 0 Å². The SMILES string of the molecule is C#C[C@H]1CNCCN1S(=O)(=O)c1ccccc1. The van der Waals surface area contributed by atoms with Gasteiger partial charge in [-0.15, -0.1) is 6.42 Å². The zero-order valence-corrected chi connectivity index (χ0v) is 10.2. The molecule has 0 bridgehead atoms. The van der Waals surface area contributed by atoms with Crippen molar-refractivity contribution in [2.75, 3.05) is 19.6 Å². The molecule has 4 nitrogen and oxygen atoms in total. The molecule has 1 aromatic carbocycles. The van der Waals surface area contributed by atoms with E-state index in [4.69, 9.17) is 6.42 Å². The third kappa shape index (κ3) is 2.34. The van der Waals surface area contributed by atoms with Crippen LogP contribution in [-0.4, -0.2) is 38.4 Å². The lowest BCUT2D eigenvalue weighted by Gasteiger charge is -2.31. The highest BCUT2D eigenvalue weighted by Gasteiger charge is 2.32. The summed E-state index contributed by atoms with van der Waals surface area (Å²) in [5, 5.41) is 3.09. The van der Waals surface area contributed by atoms with Gasteiger partial charge >= 0.3 is 0 Å². The van der Waals surface area contributed by atoms with E-state index in [0.29, 0.717) is 24.5 Å². The first-order valence-corrected chi connectivity index (χ1v) is 6.84. The number of nitrogens with one attached hydrogen (secondary N) is 1. The molecule has 1 saturated heterocycles. The Balaban J connectivity index is 2.35. The average molecular weight is 250 g/mol. The average Bonchev–Trinajstić information content (AvgIpc) is 2.39. The van der Waals surface area contributed by atoms with Crippen molar-refractivity contribution in [2.24, 2.45) is 0 Å². The topological polar surface area (TPSA) is 49.4 Å². The summed E-state index contributed by atoms with van der Waals surface area (Å²) in [6.45, 7) is 1.54. The van der Waals surface area contributed by atoms with Crippen LogP contribution in [0.4, 0.5) is 0 Å². The van der Waals surface area contributed by atoms with E-state index in [-0.39, 0.29) is 0 Å². The van der Waals surface area contributed by atoms with E-state index in [2.05, 4.69) is 11.2 Å². The second-order valence-electron chi connectivity index (χ2n) is 3.82. The molecular formula is C12H14N2O2S. The normalized spacial score (nSPS) is 21.9. The molecule has 1 fully saturated rings. The van der Waals surface area contributed by atoms with Gasteiger partial charge in [0.2, 0.25) is 10.0 Å². The van der Waals surface area contributed by atoms with Crippen LogP contribution in [0.15, 0.2) is 35.2 Å². The smallest absolute Gasteiger partial charge is 0.244 e. The molecule has 1 N–H and O–H groups in total. The molecule has 1 aromatic rings. The lowest BCUT2D eigenvalue weighted by atomic mass is 10.2. The van der Waals surface area contributed by atoms with Gasteiger partial charge in [0.25, 0.3) is 0 Å². The van der Waals surface area contributed by atoms with Gasteiger partial charge in [-0.05, 0) is 12.1 Å². The van der Waals surface area contributed by atoms with E-state index in [1.807, 2.05) is 0 Å². The number of benzene rings is 1. The predicted octanol–water partition coefficient (Wildman–Crippen LogP) is 0.282. The standard InChI is InChI=1S/C12H14N2O2S/c1-2-11-10-13-8-9-14(11)17(15,16)12-6-4-3-5-7-12/h1,3-7,11,13H,8-10H2/t11-/m0/s1. The van der Waals surface area contributed by atoms with Crippen LogP contribution < -0.4 is 5.32 Å².